The molecule has 6 aromatic rings. The molecule has 0 fully saturated rings. The van der Waals surface area contributed by atoms with Crippen molar-refractivity contribution in [2.75, 3.05) is 11.6 Å². The van der Waals surface area contributed by atoms with Crippen LogP contribution in [0.15, 0.2) is 73.1 Å². The summed E-state index contributed by atoms with van der Waals surface area (Å²) in [6, 6.07) is 17.1. The van der Waals surface area contributed by atoms with Crippen LogP contribution in [0.25, 0.3) is 55.7 Å². The lowest BCUT2D eigenvalue weighted by Gasteiger charge is -2.12. The fourth-order valence-corrected chi connectivity index (χ4v) is 5.69. The molecular formula is C31H28FN7O3S. The number of benzene rings is 2. The predicted octanol–water partition coefficient (Wildman–Crippen LogP) is 5.71. The summed E-state index contributed by atoms with van der Waals surface area (Å²) in [5.74, 6) is -0.661. The van der Waals surface area contributed by atoms with Crippen LogP contribution in [0.5, 0.6) is 0 Å². The maximum atomic E-state index is 14.7. The molecule has 10 nitrogen and oxygen atoms in total. The number of H-pyrrole nitrogens is 2. The summed E-state index contributed by atoms with van der Waals surface area (Å²) in [7, 11) is -3.63. The standard InChI is InChI=1S/C31H28FN7O3S/c1-3-5-28(40)35-21-13-19(15-34-16-21)24-8-9-26-29(37-24)30(39-38-26)27-14-23-22(6-4-7-25(23)36-27)17-10-18(12-20(32)11-17)31(33)43(2,41)42/h4,6-16,31,36H,3,5,33H2,1-2H3,(H,35,40)(H,38,39). The topological polar surface area (TPSA) is 160 Å². The highest BCUT2D eigenvalue weighted by molar-refractivity contribution is 7.90. The van der Waals surface area contributed by atoms with Gasteiger partial charge in [-0.1, -0.05) is 19.1 Å². The van der Waals surface area contributed by atoms with Crippen molar-refractivity contribution in [3.05, 3.63) is 84.4 Å². The Balaban J connectivity index is 1.40. The van der Waals surface area contributed by atoms with E-state index in [1.165, 1.54) is 6.07 Å². The van der Waals surface area contributed by atoms with Crippen LogP contribution in [0.4, 0.5) is 10.1 Å². The van der Waals surface area contributed by atoms with E-state index in [2.05, 4.69) is 25.5 Å². The van der Waals surface area contributed by atoms with E-state index in [0.717, 1.165) is 40.7 Å². The Morgan fingerprint density at radius 1 is 1.05 bits per heavy atom. The molecule has 0 aliphatic heterocycles. The van der Waals surface area contributed by atoms with E-state index in [1.807, 2.05) is 49.4 Å². The van der Waals surface area contributed by atoms with Gasteiger partial charge in [0.05, 0.1) is 28.8 Å². The third-order valence-corrected chi connectivity index (χ3v) is 8.34. The zero-order chi connectivity index (χ0) is 30.3. The Hall–Kier alpha value is -4.94. The fourth-order valence-electron chi connectivity index (χ4n) is 5.06. The molecule has 12 heteroatoms. The number of sulfone groups is 1. The average Bonchev–Trinajstić information content (AvgIpc) is 3.60. The van der Waals surface area contributed by atoms with Gasteiger partial charge < -0.3 is 16.0 Å². The minimum Gasteiger partial charge on any atom is -0.353 e. The number of aromatic amines is 2. The molecule has 0 saturated heterocycles. The molecule has 0 aliphatic carbocycles. The van der Waals surface area contributed by atoms with Crippen LogP contribution in [0.3, 0.4) is 0 Å². The molecule has 218 valence electrons. The lowest BCUT2D eigenvalue weighted by atomic mass is 9.99. The Kier molecular flexibility index (Phi) is 7.24. The highest BCUT2D eigenvalue weighted by atomic mass is 32.2. The van der Waals surface area contributed by atoms with Crippen molar-refractivity contribution >= 4 is 43.4 Å². The second-order valence-corrected chi connectivity index (χ2v) is 12.6. The third kappa shape index (κ3) is 5.62. The van der Waals surface area contributed by atoms with Gasteiger partial charge in [-0.2, -0.15) is 5.10 Å². The molecule has 1 amide bonds. The number of rotatable bonds is 8. The summed E-state index contributed by atoms with van der Waals surface area (Å²) >= 11 is 0. The number of hydrogen-bond acceptors (Lipinski definition) is 7. The number of carbonyl (C=O) groups is 1. The number of nitrogens with two attached hydrogens (primary N) is 1. The van der Waals surface area contributed by atoms with Crippen LogP contribution in [0.2, 0.25) is 0 Å². The SMILES string of the molecule is CCCC(=O)Nc1cncc(-c2ccc3[nH]nc(-c4cc5c(-c6cc(F)cc(C(N)S(C)(=O)=O)c6)cccc5[nH]4)c3n2)c1. The number of carbonyl (C=O) groups excluding carboxylic acids is 1. The van der Waals surface area contributed by atoms with Crippen molar-refractivity contribution in [3.63, 3.8) is 0 Å². The zero-order valence-corrected chi connectivity index (χ0v) is 24.2. The summed E-state index contributed by atoms with van der Waals surface area (Å²) in [5.41, 5.74) is 12.6. The van der Waals surface area contributed by atoms with E-state index in [0.29, 0.717) is 45.8 Å². The molecule has 4 heterocycles. The molecule has 1 unspecified atom stereocenters. The van der Waals surface area contributed by atoms with Crippen molar-refractivity contribution in [2.24, 2.45) is 5.73 Å². The molecule has 1 atom stereocenters. The molecule has 0 aliphatic rings. The summed E-state index contributed by atoms with van der Waals surface area (Å²) < 4.78 is 38.8. The number of aromatic nitrogens is 5. The van der Waals surface area contributed by atoms with Crippen LogP contribution in [-0.4, -0.2) is 45.7 Å². The lowest BCUT2D eigenvalue weighted by Crippen LogP contribution is -2.20. The number of fused-ring (bicyclic) bond motifs is 2. The fraction of sp³-hybridized carbons (Fsp3) is 0.161. The zero-order valence-electron chi connectivity index (χ0n) is 23.3. The van der Waals surface area contributed by atoms with Gasteiger partial charge in [-0.25, -0.2) is 17.8 Å². The van der Waals surface area contributed by atoms with Crippen LogP contribution >= 0.6 is 0 Å². The average molecular weight is 598 g/mol. The van der Waals surface area contributed by atoms with E-state index < -0.39 is 21.0 Å². The molecule has 0 radical (unpaired) electrons. The van der Waals surface area contributed by atoms with Gasteiger partial charge in [-0.3, -0.25) is 14.9 Å². The smallest absolute Gasteiger partial charge is 0.224 e. The Morgan fingerprint density at radius 2 is 1.88 bits per heavy atom. The first-order valence-corrected chi connectivity index (χ1v) is 15.5. The predicted molar refractivity (Wildman–Crippen MR) is 165 cm³/mol. The van der Waals surface area contributed by atoms with Gasteiger partial charge in [0.25, 0.3) is 0 Å². The maximum Gasteiger partial charge on any atom is 0.224 e. The quantitative estimate of drug-likeness (QED) is 0.175. The van der Waals surface area contributed by atoms with Gasteiger partial charge in [-0.15, -0.1) is 0 Å². The number of nitrogens with one attached hydrogen (secondary N) is 3. The van der Waals surface area contributed by atoms with Crippen molar-refractivity contribution in [3.8, 4) is 33.8 Å². The lowest BCUT2D eigenvalue weighted by molar-refractivity contribution is -0.116. The number of hydrogen-bond donors (Lipinski definition) is 4. The highest BCUT2D eigenvalue weighted by Crippen LogP contribution is 2.35. The first-order valence-electron chi connectivity index (χ1n) is 13.6. The second-order valence-electron chi connectivity index (χ2n) is 10.4. The van der Waals surface area contributed by atoms with Crippen LogP contribution in [-0.2, 0) is 14.6 Å². The number of halogens is 1. The largest absolute Gasteiger partial charge is 0.353 e. The summed E-state index contributed by atoms with van der Waals surface area (Å²) in [6.45, 7) is 1.94. The van der Waals surface area contributed by atoms with E-state index in [9.17, 15) is 17.6 Å². The molecule has 2 aromatic carbocycles. The molecule has 4 aromatic heterocycles. The number of anilines is 1. The summed E-state index contributed by atoms with van der Waals surface area (Å²) in [5, 5.41) is 9.85. The second kappa shape index (κ2) is 11.0. The molecule has 0 spiro atoms. The molecule has 6 rings (SSSR count). The molecule has 0 bridgehead atoms. The van der Waals surface area contributed by atoms with Gasteiger partial charge in [0.15, 0.2) is 9.84 Å². The van der Waals surface area contributed by atoms with E-state index in [-0.39, 0.29) is 11.5 Å². The minimum atomic E-state index is -3.63. The van der Waals surface area contributed by atoms with Crippen LogP contribution in [0, 0.1) is 5.82 Å². The Labute approximate surface area is 246 Å². The minimum absolute atomic E-state index is 0.0760. The first-order chi connectivity index (χ1) is 20.6. The maximum absolute atomic E-state index is 14.7. The van der Waals surface area contributed by atoms with Gasteiger partial charge in [-0.05, 0) is 71.6 Å². The molecular weight excluding hydrogens is 569 g/mol. The Morgan fingerprint density at radius 3 is 2.67 bits per heavy atom. The van der Waals surface area contributed by atoms with Gasteiger partial charge >= 0.3 is 0 Å². The summed E-state index contributed by atoms with van der Waals surface area (Å²) in [4.78, 5) is 24.6. The van der Waals surface area contributed by atoms with Crippen molar-refractivity contribution in [1.29, 1.82) is 0 Å². The normalized spacial score (nSPS) is 12.6. The monoisotopic (exact) mass is 597 g/mol. The van der Waals surface area contributed by atoms with Gasteiger partial charge in [0.2, 0.25) is 5.91 Å². The number of nitrogens with zero attached hydrogens (tertiary/aromatic N) is 3. The van der Waals surface area contributed by atoms with Gasteiger partial charge in [0, 0.05) is 35.3 Å². The molecule has 43 heavy (non-hydrogen) atoms. The van der Waals surface area contributed by atoms with E-state index in [4.69, 9.17) is 10.7 Å². The van der Waals surface area contributed by atoms with Crippen molar-refractivity contribution in [2.45, 2.75) is 25.1 Å². The van der Waals surface area contributed by atoms with Crippen LogP contribution < -0.4 is 11.1 Å². The first kappa shape index (κ1) is 28.2. The molecule has 0 saturated carbocycles. The van der Waals surface area contributed by atoms with E-state index >= 15 is 0 Å². The van der Waals surface area contributed by atoms with Gasteiger partial charge in [0.1, 0.15) is 22.4 Å². The highest BCUT2D eigenvalue weighted by Gasteiger charge is 2.21. The summed E-state index contributed by atoms with van der Waals surface area (Å²) in [6.07, 6.45) is 5.47. The third-order valence-electron chi connectivity index (χ3n) is 7.14. The number of amides is 1. The van der Waals surface area contributed by atoms with Crippen molar-refractivity contribution < 1.29 is 17.6 Å². The van der Waals surface area contributed by atoms with Crippen LogP contribution in [0.1, 0.15) is 30.7 Å². The van der Waals surface area contributed by atoms with E-state index in [1.54, 1.807) is 18.5 Å². The van der Waals surface area contributed by atoms with Crippen molar-refractivity contribution in [1.82, 2.24) is 25.1 Å². The number of pyridine rings is 2. The molecule has 5 N–H and O–H groups in total. The Bertz CT molecular complexity index is 2120.